The highest BCUT2D eigenvalue weighted by Gasteiger charge is 2.48. The first kappa shape index (κ1) is 21.9. The van der Waals surface area contributed by atoms with E-state index in [0.717, 1.165) is 18.4 Å². The van der Waals surface area contributed by atoms with Crippen LogP contribution >= 0.6 is 0 Å². The van der Waals surface area contributed by atoms with Gasteiger partial charge in [-0.3, -0.25) is 9.69 Å². The van der Waals surface area contributed by atoms with Gasteiger partial charge in [0.05, 0.1) is 6.54 Å². The smallest absolute Gasteiger partial charge is 0.318 e. The number of aryl methyl sites for hydroxylation is 1. The number of amides is 3. The third-order valence-corrected chi connectivity index (χ3v) is 8.01. The van der Waals surface area contributed by atoms with Crippen LogP contribution in [0, 0.1) is 6.92 Å². The number of imide groups is 1. The monoisotopic (exact) mass is 442 g/mol. The Morgan fingerprint density at radius 1 is 0.848 bits per heavy atom. The Morgan fingerprint density at radius 3 is 1.94 bits per heavy atom. The molecule has 0 atom stereocenters. The quantitative estimate of drug-likeness (QED) is 0.457. The van der Waals surface area contributed by atoms with E-state index in [-0.39, 0.29) is 34.7 Å². The van der Waals surface area contributed by atoms with Crippen molar-refractivity contribution in [2.45, 2.75) is 70.3 Å². The van der Waals surface area contributed by atoms with Crippen molar-refractivity contribution in [2.75, 3.05) is 13.6 Å². The molecule has 4 nitrogen and oxygen atoms in total. The maximum atomic E-state index is 12.2. The molecule has 2 aromatic rings. The Morgan fingerprint density at radius 2 is 1.42 bits per heavy atom. The van der Waals surface area contributed by atoms with E-state index in [1.165, 1.54) is 37.6 Å². The van der Waals surface area contributed by atoms with Crippen LogP contribution in [0.3, 0.4) is 0 Å². The molecule has 5 rings (SSSR count). The van der Waals surface area contributed by atoms with Crippen molar-refractivity contribution >= 4 is 11.9 Å². The molecular weight excluding hydrogens is 408 g/mol. The van der Waals surface area contributed by atoms with Crippen LogP contribution in [0.15, 0.2) is 48.6 Å². The van der Waals surface area contributed by atoms with Crippen molar-refractivity contribution in [3.05, 3.63) is 81.9 Å². The minimum absolute atomic E-state index is 0.0230. The van der Waals surface area contributed by atoms with Crippen LogP contribution < -0.4 is 0 Å². The van der Waals surface area contributed by atoms with Crippen molar-refractivity contribution in [1.29, 1.82) is 0 Å². The first-order chi connectivity index (χ1) is 15.4. The van der Waals surface area contributed by atoms with Crippen molar-refractivity contribution in [1.82, 2.24) is 9.80 Å². The molecule has 0 spiro atoms. The van der Waals surface area contributed by atoms with Gasteiger partial charge in [-0.2, -0.15) is 0 Å². The normalized spacial score (nSPS) is 22.0. The van der Waals surface area contributed by atoms with E-state index < -0.39 is 0 Å². The zero-order valence-electron chi connectivity index (χ0n) is 20.7. The van der Waals surface area contributed by atoms with E-state index in [4.69, 9.17) is 0 Å². The van der Waals surface area contributed by atoms with Gasteiger partial charge in [0.25, 0.3) is 5.91 Å². The van der Waals surface area contributed by atoms with Crippen molar-refractivity contribution in [3.63, 3.8) is 0 Å². The average molecular weight is 443 g/mol. The van der Waals surface area contributed by atoms with Gasteiger partial charge >= 0.3 is 6.03 Å². The zero-order chi connectivity index (χ0) is 23.8. The third-order valence-electron chi connectivity index (χ3n) is 8.01. The highest BCUT2D eigenvalue weighted by molar-refractivity contribution is 6.01. The predicted molar refractivity (Wildman–Crippen MR) is 131 cm³/mol. The predicted octanol–water partition coefficient (Wildman–Crippen LogP) is 5.59. The third kappa shape index (κ3) is 3.42. The number of hydrogen-bond donors (Lipinski definition) is 0. The number of fused-ring (bicyclic) bond motifs is 1. The lowest BCUT2D eigenvalue weighted by Crippen LogP contribution is -2.31. The van der Waals surface area contributed by atoms with Gasteiger partial charge in [-0.1, -0.05) is 76.2 Å². The summed E-state index contributed by atoms with van der Waals surface area (Å²) in [5.41, 5.74) is 8.14. The summed E-state index contributed by atoms with van der Waals surface area (Å²) in [5.74, 6) is -0.130. The van der Waals surface area contributed by atoms with Crippen LogP contribution in [0.5, 0.6) is 0 Å². The van der Waals surface area contributed by atoms with E-state index in [9.17, 15) is 9.59 Å². The van der Waals surface area contributed by atoms with E-state index in [0.29, 0.717) is 6.54 Å². The van der Waals surface area contributed by atoms with Gasteiger partial charge in [0.2, 0.25) is 0 Å². The van der Waals surface area contributed by atoms with Gasteiger partial charge in [-0.05, 0) is 53.1 Å². The SMILES string of the molecule is Cc1cc2c(cc1C1(c3ccc(CN4C(=O)CN(C)C4=O)cc3)CC1)C(C)(C)C=CC2(C)C. The van der Waals surface area contributed by atoms with Crippen LogP contribution in [0.2, 0.25) is 0 Å². The second kappa shape index (κ2) is 7.06. The Bertz CT molecular complexity index is 1180. The highest BCUT2D eigenvalue weighted by atomic mass is 16.2. The van der Waals surface area contributed by atoms with Gasteiger partial charge in [0.15, 0.2) is 0 Å². The highest BCUT2D eigenvalue weighted by Crippen LogP contribution is 2.56. The Labute approximate surface area is 197 Å². The summed E-state index contributed by atoms with van der Waals surface area (Å²) >= 11 is 0. The van der Waals surface area contributed by atoms with Crippen molar-refractivity contribution in [3.8, 4) is 0 Å². The van der Waals surface area contributed by atoms with Crippen LogP contribution in [-0.4, -0.2) is 35.3 Å². The van der Waals surface area contributed by atoms with Gasteiger partial charge < -0.3 is 4.90 Å². The number of nitrogens with zero attached hydrogens (tertiary/aromatic N) is 2. The van der Waals surface area contributed by atoms with E-state index in [1.54, 1.807) is 7.05 Å². The molecule has 1 heterocycles. The number of carbonyl (C=O) groups excluding carboxylic acids is 2. The summed E-state index contributed by atoms with van der Waals surface area (Å²) in [6, 6.07) is 13.2. The first-order valence-electron chi connectivity index (χ1n) is 12.0. The molecule has 1 aliphatic heterocycles. The standard InChI is InChI=1S/C29H34N2O2/c1-19-15-23-24(28(4,5)12-11-27(23,2)3)16-22(19)29(13-14-29)21-9-7-20(8-10-21)17-31-25(32)18-30(6)26(31)33/h7-12,15-16H,13-14,17-18H2,1-6H3. The molecule has 0 aromatic heterocycles. The molecule has 0 N–H and O–H groups in total. The molecule has 4 heteroatoms. The average Bonchev–Trinajstić information content (AvgIpc) is 3.52. The number of benzene rings is 2. The van der Waals surface area contributed by atoms with E-state index in [2.05, 4.69) is 83.2 Å². The van der Waals surface area contributed by atoms with Crippen molar-refractivity contribution < 1.29 is 9.59 Å². The van der Waals surface area contributed by atoms with Gasteiger partial charge in [0, 0.05) is 23.3 Å². The molecule has 1 saturated heterocycles. The lowest BCUT2D eigenvalue weighted by molar-refractivity contribution is -0.125. The summed E-state index contributed by atoms with van der Waals surface area (Å²) in [7, 11) is 1.67. The Balaban J connectivity index is 1.47. The van der Waals surface area contributed by atoms with Crippen LogP contribution in [0.1, 0.15) is 73.9 Å². The molecule has 172 valence electrons. The molecule has 2 fully saturated rings. The summed E-state index contributed by atoms with van der Waals surface area (Å²) in [6.07, 6.45) is 7.02. The molecule has 1 saturated carbocycles. The topological polar surface area (TPSA) is 40.6 Å². The summed E-state index contributed by atoms with van der Waals surface area (Å²) in [5, 5.41) is 0. The lowest BCUT2D eigenvalue weighted by atomic mass is 9.66. The van der Waals surface area contributed by atoms with Gasteiger partial charge in [-0.25, -0.2) is 4.79 Å². The van der Waals surface area contributed by atoms with Gasteiger partial charge in [0.1, 0.15) is 6.54 Å². The fourth-order valence-electron chi connectivity index (χ4n) is 5.66. The lowest BCUT2D eigenvalue weighted by Gasteiger charge is -2.38. The number of allylic oxidation sites excluding steroid dienone is 2. The largest absolute Gasteiger partial charge is 0.327 e. The second-order valence-corrected chi connectivity index (χ2v) is 11.4. The molecule has 0 unspecified atom stereocenters. The molecule has 3 amide bonds. The van der Waals surface area contributed by atoms with Crippen molar-refractivity contribution in [2.24, 2.45) is 0 Å². The van der Waals surface area contributed by atoms with E-state index >= 15 is 0 Å². The summed E-state index contributed by atoms with van der Waals surface area (Å²) < 4.78 is 0. The minimum atomic E-state index is -0.216. The van der Waals surface area contributed by atoms with Crippen LogP contribution in [0.4, 0.5) is 4.79 Å². The molecule has 2 aromatic carbocycles. The number of hydrogen-bond acceptors (Lipinski definition) is 2. The van der Waals surface area contributed by atoms with Crippen LogP contribution in [0.25, 0.3) is 0 Å². The van der Waals surface area contributed by atoms with E-state index in [1.807, 2.05) is 0 Å². The number of urea groups is 1. The molecule has 2 aliphatic carbocycles. The van der Waals surface area contributed by atoms with Gasteiger partial charge in [-0.15, -0.1) is 0 Å². The number of likely N-dealkylation sites (N-methyl/N-ethyl adjacent to an activating group) is 1. The molecule has 0 bridgehead atoms. The Hall–Kier alpha value is -2.88. The summed E-state index contributed by atoms with van der Waals surface area (Å²) in [4.78, 5) is 27.2. The zero-order valence-corrected chi connectivity index (χ0v) is 20.7. The van der Waals surface area contributed by atoms with Crippen LogP contribution in [-0.2, 0) is 27.6 Å². The Kier molecular flexibility index (Phi) is 4.69. The molecular formula is C29H34N2O2. The summed E-state index contributed by atoms with van der Waals surface area (Å²) in [6.45, 7) is 12.0. The minimum Gasteiger partial charge on any atom is -0.318 e. The maximum absolute atomic E-state index is 12.2. The molecule has 3 aliphatic rings. The first-order valence-corrected chi connectivity index (χ1v) is 12.0. The maximum Gasteiger partial charge on any atom is 0.327 e. The number of rotatable bonds is 4. The number of carbonyl (C=O) groups is 2. The second-order valence-electron chi connectivity index (χ2n) is 11.4. The fraction of sp³-hybridized carbons (Fsp3) is 0.448. The molecule has 0 radical (unpaired) electrons. The fourth-order valence-corrected chi connectivity index (χ4v) is 5.66. The molecule has 33 heavy (non-hydrogen) atoms.